The SMILES string of the molecule is CCCC(C)Nc1ncc(Cl)cn1. The number of rotatable bonds is 4. The van der Waals surface area contributed by atoms with Crippen LogP contribution in [0.1, 0.15) is 26.7 Å². The molecule has 0 aliphatic carbocycles. The van der Waals surface area contributed by atoms with E-state index in [9.17, 15) is 0 Å². The molecule has 0 fully saturated rings. The highest BCUT2D eigenvalue weighted by atomic mass is 35.5. The Morgan fingerprint density at radius 3 is 2.62 bits per heavy atom. The van der Waals surface area contributed by atoms with Crippen molar-refractivity contribution in [2.75, 3.05) is 5.32 Å². The molecule has 3 nitrogen and oxygen atoms in total. The fourth-order valence-electron chi connectivity index (χ4n) is 1.11. The Labute approximate surface area is 83.5 Å². The van der Waals surface area contributed by atoms with Gasteiger partial charge in [-0.05, 0) is 13.3 Å². The zero-order valence-electron chi connectivity index (χ0n) is 7.92. The molecule has 1 unspecified atom stereocenters. The lowest BCUT2D eigenvalue weighted by molar-refractivity contribution is 0.684. The van der Waals surface area contributed by atoms with Crippen molar-refractivity contribution in [1.82, 2.24) is 9.97 Å². The first-order valence-electron chi connectivity index (χ1n) is 4.46. The average Bonchev–Trinajstić information content (AvgIpc) is 2.09. The van der Waals surface area contributed by atoms with Gasteiger partial charge >= 0.3 is 0 Å². The number of aromatic nitrogens is 2. The predicted octanol–water partition coefficient (Wildman–Crippen LogP) is 2.73. The van der Waals surface area contributed by atoms with Crippen molar-refractivity contribution in [3.8, 4) is 0 Å². The van der Waals surface area contributed by atoms with E-state index < -0.39 is 0 Å². The molecular formula is C9H14ClN3. The van der Waals surface area contributed by atoms with Crippen LogP contribution in [0.15, 0.2) is 12.4 Å². The molecule has 0 aliphatic heterocycles. The Morgan fingerprint density at radius 1 is 1.46 bits per heavy atom. The molecule has 72 valence electrons. The second-order valence-electron chi connectivity index (χ2n) is 3.06. The third-order valence-corrected chi connectivity index (χ3v) is 1.91. The summed E-state index contributed by atoms with van der Waals surface area (Å²) in [6.07, 6.45) is 5.46. The minimum atomic E-state index is 0.408. The summed E-state index contributed by atoms with van der Waals surface area (Å²) in [5.41, 5.74) is 0. The van der Waals surface area contributed by atoms with Crippen LogP contribution in [0, 0.1) is 0 Å². The third-order valence-electron chi connectivity index (χ3n) is 1.72. The Balaban J connectivity index is 2.49. The van der Waals surface area contributed by atoms with Gasteiger partial charge in [0, 0.05) is 6.04 Å². The number of anilines is 1. The van der Waals surface area contributed by atoms with Crippen LogP contribution in [0.5, 0.6) is 0 Å². The standard InChI is InChI=1S/C9H14ClN3/c1-3-4-7(2)13-9-11-5-8(10)6-12-9/h5-7H,3-4H2,1-2H3,(H,11,12,13). The molecule has 1 rings (SSSR count). The summed E-state index contributed by atoms with van der Waals surface area (Å²) in [5.74, 6) is 0.644. The molecule has 0 spiro atoms. The first-order chi connectivity index (χ1) is 6.22. The molecule has 0 aromatic carbocycles. The van der Waals surface area contributed by atoms with Crippen molar-refractivity contribution in [2.45, 2.75) is 32.7 Å². The predicted molar refractivity (Wildman–Crippen MR) is 55.0 cm³/mol. The molecule has 0 saturated heterocycles. The molecule has 1 atom stereocenters. The van der Waals surface area contributed by atoms with E-state index in [1.54, 1.807) is 12.4 Å². The van der Waals surface area contributed by atoms with Crippen LogP contribution < -0.4 is 5.32 Å². The number of nitrogens with zero attached hydrogens (tertiary/aromatic N) is 2. The topological polar surface area (TPSA) is 37.8 Å². The number of halogens is 1. The fraction of sp³-hybridized carbons (Fsp3) is 0.556. The van der Waals surface area contributed by atoms with E-state index in [0.29, 0.717) is 17.0 Å². The van der Waals surface area contributed by atoms with E-state index in [1.165, 1.54) is 0 Å². The molecule has 0 bridgehead atoms. The normalized spacial score (nSPS) is 12.5. The van der Waals surface area contributed by atoms with Gasteiger partial charge in [-0.1, -0.05) is 24.9 Å². The first-order valence-corrected chi connectivity index (χ1v) is 4.84. The molecule has 0 saturated carbocycles. The quantitative estimate of drug-likeness (QED) is 0.811. The maximum atomic E-state index is 5.66. The van der Waals surface area contributed by atoms with E-state index in [1.807, 2.05) is 0 Å². The van der Waals surface area contributed by atoms with Crippen molar-refractivity contribution in [2.24, 2.45) is 0 Å². The number of hydrogen-bond donors (Lipinski definition) is 1. The van der Waals surface area contributed by atoms with Gasteiger partial charge < -0.3 is 5.32 Å². The van der Waals surface area contributed by atoms with Gasteiger partial charge in [-0.3, -0.25) is 0 Å². The summed E-state index contributed by atoms with van der Waals surface area (Å²) in [7, 11) is 0. The van der Waals surface area contributed by atoms with Crippen molar-refractivity contribution < 1.29 is 0 Å². The molecule has 0 amide bonds. The van der Waals surface area contributed by atoms with Gasteiger partial charge in [0.05, 0.1) is 17.4 Å². The van der Waals surface area contributed by atoms with Crippen LogP contribution in [-0.2, 0) is 0 Å². The fourth-order valence-corrected chi connectivity index (χ4v) is 1.21. The van der Waals surface area contributed by atoms with Gasteiger partial charge in [0.15, 0.2) is 0 Å². The summed E-state index contributed by atoms with van der Waals surface area (Å²) in [4.78, 5) is 8.09. The van der Waals surface area contributed by atoms with Gasteiger partial charge in [0.2, 0.25) is 5.95 Å². The van der Waals surface area contributed by atoms with Crippen LogP contribution in [0.4, 0.5) is 5.95 Å². The number of hydrogen-bond acceptors (Lipinski definition) is 3. The molecule has 1 N–H and O–H groups in total. The molecule has 4 heteroatoms. The molecule has 1 aromatic rings. The van der Waals surface area contributed by atoms with Gasteiger partial charge in [-0.15, -0.1) is 0 Å². The van der Waals surface area contributed by atoms with Crippen molar-refractivity contribution in [3.05, 3.63) is 17.4 Å². The first kappa shape index (κ1) is 10.3. The smallest absolute Gasteiger partial charge is 0.222 e. The second kappa shape index (κ2) is 5.02. The van der Waals surface area contributed by atoms with Crippen molar-refractivity contribution >= 4 is 17.5 Å². The van der Waals surface area contributed by atoms with Gasteiger partial charge in [-0.2, -0.15) is 0 Å². The maximum Gasteiger partial charge on any atom is 0.222 e. The summed E-state index contributed by atoms with van der Waals surface area (Å²) >= 11 is 5.66. The highest BCUT2D eigenvalue weighted by Crippen LogP contribution is 2.07. The number of nitrogens with one attached hydrogen (secondary N) is 1. The van der Waals surface area contributed by atoms with Crippen LogP contribution in [0.2, 0.25) is 5.02 Å². The van der Waals surface area contributed by atoms with E-state index >= 15 is 0 Å². The van der Waals surface area contributed by atoms with Crippen LogP contribution >= 0.6 is 11.6 Å². The summed E-state index contributed by atoms with van der Waals surface area (Å²) in [6, 6.07) is 0.408. The lowest BCUT2D eigenvalue weighted by Gasteiger charge is -2.11. The minimum Gasteiger partial charge on any atom is -0.352 e. The maximum absolute atomic E-state index is 5.66. The average molecular weight is 200 g/mol. The van der Waals surface area contributed by atoms with E-state index in [2.05, 4.69) is 29.1 Å². The van der Waals surface area contributed by atoms with Crippen molar-refractivity contribution in [1.29, 1.82) is 0 Å². The molecule has 0 aliphatic rings. The zero-order valence-corrected chi connectivity index (χ0v) is 8.67. The Bertz CT molecular complexity index is 248. The van der Waals surface area contributed by atoms with E-state index in [-0.39, 0.29) is 0 Å². The van der Waals surface area contributed by atoms with Crippen LogP contribution in [0.3, 0.4) is 0 Å². The van der Waals surface area contributed by atoms with Gasteiger partial charge in [0.25, 0.3) is 0 Å². The summed E-state index contributed by atoms with van der Waals surface area (Å²) < 4.78 is 0. The van der Waals surface area contributed by atoms with Gasteiger partial charge in [0.1, 0.15) is 0 Å². The van der Waals surface area contributed by atoms with Crippen LogP contribution in [0.25, 0.3) is 0 Å². The molecule has 13 heavy (non-hydrogen) atoms. The lowest BCUT2D eigenvalue weighted by Crippen LogP contribution is -2.16. The highest BCUT2D eigenvalue weighted by molar-refractivity contribution is 6.30. The van der Waals surface area contributed by atoms with Gasteiger partial charge in [-0.25, -0.2) is 9.97 Å². The second-order valence-corrected chi connectivity index (χ2v) is 3.50. The molecular weight excluding hydrogens is 186 g/mol. The van der Waals surface area contributed by atoms with E-state index in [0.717, 1.165) is 12.8 Å². The highest BCUT2D eigenvalue weighted by Gasteiger charge is 2.01. The third kappa shape index (κ3) is 3.59. The molecule has 1 heterocycles. The monoisotopic (exact) mass is 199 g/mol. The molecule has 0 radical (unpaired) electrons. The van der Waals surface area contributed by atoms with Crippen molar-refractivity contribution in [3.63, 3.8) is 0 Å². The lowest BCUT2D eigenvalue weighted by atomic mass is 10.2. The summed E-state index contributed by atoms with van der Waals surface area (Å²) in [6.45, 7) is 4.27. The summed E-state index contributed by atoms with van der Waals surface area (Å²) in [5, 5.41) is 3.75. The Kier molecular flexibility index (Phi) is 3.96. The zero-order chi connectivity index (χ0) is 9.68. The largest absolute Gasteiger partial charge is 0.352 e. The Hall–Kier alpha value is -0.830. The minimum absolute atomic E-state index is 0.408. The van der Waals surface area contributed by atoms with E-state index in [4.69, 9.17) is 11.6 Å². The molecule has 1 aromatic heterocycles. The Morgan fingerprint density at radius 2 is 2.08 bits per heavy atom. The van der Waals surface area contributed by atoms with Crippen LogP contribution in [-0.4, -0.2) is 16.0 Å².